The van der Waals surface area contributed by atoms with Crippen LogP contribution in [0, 0.1) is 12.8 Å². The van der Waals surface area contributed by atoms with Crippen molar-refractivity contribution in [2.75, 3.05) is 26.1 Å². The highest BCUT2D eigenvalue weighted by Crippen LogP contribution is 2.19. The molecule has 6 heteroatoms. The maximum atomic E-state index is 5.44. The second kappa shape index (κ2) is 11.1. The van der Waals surface area contributed by atoms with Crippen molar-refractivity contribution < 1.29 is 9.47 Å². The summed E-state index contributed by atoms with van der Waals surface area (Å²) in [6.45, 7) is 4.71. The summed E-state index contributed by atoms with van der Waals surface area (Å²) < 4.78 is 10.7. The van der Waals surface area contributed by atoms with E-state index in [9.17, 15) is 0 Å². The lowest BCUT2D eigenvalue weighted by Crippen LogP contribution is -2.10. The molecule has 0 radical (unpaired) electrons. The first-order chi connectivity index (χ1) is 12.1. The number of thiazole rings is 1. The molecule has 0 spiro atoms. The number of hydrogen-bond donors (Lipinski definition) is 1. The van der Waals surface area contributed by atoms with Crippen LogP contribution in [0.3, 0.4) is 0 Å². The zero-order valence-electron chi connectivity index (χ0n) is 15.2. The molecule has 2 heterocycles. The van der Waals surface area contributed by atoms with Gasteiger partial charge in [0.1, 0.15) is 17.2 Å². The highest BCUT2D eigenvalue weighted by Gasteiger charge is 2.10. The second-order valence-corrected chi connectivity index (χ2v) is 6.15. The monoisotopic (exact) mass is 359 g/mol. The molecule has 0 saturated carbocycles. The van der Waals surface area contributed by atoms with E-state index in [1.165, 1.54) is 0 Å². The molecule has 0 bridgehead atoms. The highest BCUT2D eigenvalue weighted by molar-refractivity contribution is 7.13. The third-order valence-corrected chi connectivity index (χ3v) is 3.90. The summed E-state index contributed by atoms with van der Waals surface area (Å²) in [6, 6.07) is 0.349. The Morgan fingerprint density at radius 1 is 1.24 bits per heavy atom. The van der Waals surface area contributed by atoms with Crippen LogP contribution in [0.2, 0.25) is 0 Å². The summed E-state index contributed by atoms with van der Waals surface area (Å²) in [4.78, 5) is 9.25. The molecule has 1 aromatic heterocycles. The molecule has 0 fully saturated rings. The standard InChI is InChI=1S/C17H23N3O2S.C2H2/c1-12(2)19-17-20-16(11-23-17)15-10-14(22-4)7-5-6-13(21-3)8-9-18-15;1-2/h5-6,8,10-12H,7,9H2,1-4H3,(H,19,20);1-2H/b6-5-,13-8+,14-10+,18-15?;. The van der Waals surface area contributed by atoms with Gasteiger partial charge >= 0.3 is 0 Å². The zero-order valence-corrected chi connectivity index (χ0v) is 16.0. The van der Waals surface area contributed by atoms with Gasteiger partial charge in [-0.05, 0) is 26.0 Å². The summed E-state index contributed by atoms with van der Waals surface area (Å²) >= 11 is 1.58. The SMILES string of the molecule is C#C.COC1=C/CN=C(c2csc(NC(C)C)n2)/C=C(/OC)C/C=C\1. The number of aliphatic imine (C=N–C) groups is 1. The first kappa shape index (κ1) is 20.5. The number of terminal acetylenes is 1. The van der Waals surface area contributed by atoms with Crippen LogP contribution < -0.4 is 5.32 Å². The van der Waals surface area contributed by atoms with E-state index < -0.39 is 0 Å². The van der Waals surface area contributed by atoms with E-state index >= 15 is 0 Å². The average molecular weight is 359 g/mol. The third kappa shape index (κ3) is 6.86. The summed E-state index contributed by atoms with van der Waals surface area (Å²) in [6.07, 6.45) is 16.5. The topological polar surface area (TPSA) is 55.7 Å². The first-order valence-electron chi connectivity index (χ1n) is 7.88. The number of nitrogens with one attached hydrogen (secondary N) is 1. The number of methoxy groups -OCH3 is 2. The van der Waals surface area contributed by atoms with Crippen molar-refractivity contribution in [1.82, 2.24) is 4.98 Å². The predicted molar refractivity (Wildman–Crippen MR) is 106 cm³/mol. The number of allylic oxidation sites excluding steroid dienone is 3. The van der Waals surface area contributed by atoms with Crippen molar-refractivity contribution in [3.05, 3.63) is 46.9 Å². The van der Waals surface area contributed by atoms with Gasteiger partial charge in [-0.15, -0.1) is 24.2 Å². The molecule has 134 valence electrons. The van der Waals surface area contributed by atoms with Crippen molar-refractivity contribution in [2.45, 2.75) is 26.3 Å². The summed E-state index contributed by atoms with van der Waals surface area (Å²) in [5.41, 5.74) is 1.67. The molecule has 5 nitrogen and oxygen atoms in total. The van der Waals surface area contributed by atoms with E-state index in [4.69, 9.17) is 9.47 Å². The van der Waals surface area contributed by atoms with Gasteiger partial charge in [0.25, 0.3) is 0 Å². The van der Waals surface area contributed by atoms with Crippen molar-refractivity contribution in [3.8, 4) is 12.8 Å². The Hall–Kier alpha value is -2.52. The van der Waals surface area contributed by atoms with Gasteiger partial charge in [0.15, 0.2) is 5.13 Å². The van der Waals surface area contributed by atoms with Gasteiger partial charge in [0, 0.05) is 23.9 Å². The van der Waals surface area contributed by atoms with Crippen LogP contribution in [0.5, 0.6) is 0 Å². The fourth-order valence-electron chi connectivity index (χ4n) is 2.00. The molecule has 0 aromatic carbocycles. The van der Waals surface area contributed by atoms with Gasteiger partial charge in [-0.1, -0.05) is 6.08 Å². The Bertz CT molecular complexity index is 682. The number of hydrogen-bond acceptors (Lipinski definition) is 6. The average Bonchev–Trinajstić information content (AvgIpc) is 3.07. The van der Waals surface area contributed by atoms with E-state index in [1.807, 2.05) is 29.7 Å². The summed E-state index contributed by atoms with van der Waals surface area (Å²) in [5, 5.41) is 6.22. The Balaban J connectivity index is 0.00000151. The quantitative estimate of drug-likeness (QED) is 0.807. The van der Waals surface area contributed by atoms with Crippen molar-refractivity contribution in [2.24, 2.45) is 4.99 Å². The smallest absolute Gasteiger partial charge is 0.183 e. The highest BCUT2D eigenvalue weighted by atomic mass is 32.1. The minimum Gasteiger partial charge on any atom is -0.501 e. The number of anilines is 1. The van der Waals surface area contributed by atoms with Crippen LogP contribution in [0.4, 0.5) is 5.13 Å². The van der Waals surface area contributed by atoms with Gasteiger partial charge in [-0.25, -0.2) is 4.98 Å². The maximum Gasteiger partial charge on any atom is 0.183 e. The van der Waals surface area contributed by atoms with E-state index in [-0.39, 0.29) is 0 Å². The lowest BCUT2D eigenvalue weighted by Gasteiger charge is -2.07. The Labute approximate surface area is 154 Å². The molecular weight excluding hydrogens is 334 g/mol. The molecular formula is C19H25N3O2S. The van der Waals surface area contributed by atoms with E-state index in [2.05, 4.69) is 42.0 Å². The molecule has 1 aliphatic heterocycles. The van der Waals surface area contributed by atoms with Gasteiger partial charge in [-0.2, -0.15) is 0 Å². The van der Waals surface area contributed by atoms with Crippen LogP contribution in [-0.4, -0.2) is 37.5 Å². The van der Waals surface area contributed by atoms with Crippen molar-refractivity contribution in [3.63, 3.8) is 0 Å². The van der Waals surface area contributed by atoms with Crippen LogP contribution in [-0.2, 0) is 9.47 Å². The van der Waals surface area contributed by atoms with Gasteiger partial charge in [0.2, 0.25) is 0 Å². The van der Waals surface area contributed by atoms with Crippen LogP contribution >= 0.6 is 11.3 Å². The molecule has 1 N–H and O–H groups in total. The van der Waals surface area contributed by atoms with Gasteiger partial charge < -0.3 is 14.8 Å². The zero-order chi connectivity index (χ0) is 18.7. The van der Waals surface area contributed by atoms with Crippen LogP contribution in [0.1, 0.15) is 26.0 Å². The van der Waals surface area contributed by atoms with E-state index in [0.29, 0.717) is 19.0 Å². The molecule has 0 aliphatic carbocycles. The largest absolute Gasteiger partial charge is 0.501 e. The Morgan fingerprint density at radius 2 is 2.00 bits per heavy atom. The van der Waals surface area contributed by atoms with Gasteiger partial charge in [-0.3, -0.25) is 4.99 Å². The number of ether oxygens (including phenoxy) is 2. The third-order valence-electron chi connectivity index (χ3n) is 3.13. The summed E-state index contributed by atoms with van der Waals surface area (Å²) in [7, 11) is 3.33. The molecule has 25 heavy (non-hydrogen) atoms. The lowest BCUT2D eigenvalue weighted by molar-refractivity contribution is 0.284. The fourth-order valence-corrected chi connectivity index (χ4v) is 2.86. The van der Waals surface area contributed by atoms with E-state index in [0.717, 1.165) is 28.1 Å². The predicted octanol–water partition coefficient (Wildman–Crippen LogP) is 4.02. The maximum absolute atomic E-state index is 5.44. The molecule has 0 saturated heterocycles. The lowest BCUT2D eigenvalue weighted by atomic mass is 10.2. The Morgan fingerprint density at radius 3 is 2.64 bits per heavy atom. The number of nitrogens with zero attached hydrogens (tertiary/aromatic N) is 2. The molecule has 1 aliphatic rings. The minimum atomic E-state index is 0.349. The van der Waals surface area contributed by atoms with Crippen molar-refractivity contribution >= 4 is 22.2 Å². The molecule has 0 amide bonds. The van der Waals surface area contributed by atoms with Crippen molar-refractivity contribution in [1.29, 1.82) is 0 Å². The second-order valence-electron chi connectivity index (χ2n) is 5.29. The molecule has 2 rings (SSSR count). The molecule has 1 aromatic rings. The van der Waals surface area contributed by atoms with Gasteiger partial charge in [0.05, 0.1) is 26.5 Å². The fraction of sp³-hybridized carbons (Fsp3) is 0.368. The van der Waals surface area contributed by atoms with E-state index in [1.54, 1.807) is 25.6 Å². The number of rotatable bonds is 5. The Kier molecular flexibility index (Phi) is 9.12. The van der Waals surface area contributed by atoms with Crippen LogP contribution in [0.15, 0.2) is 46.2 Å². The summed E-state index contributed by atoms with van der Waals surface area (Å²) in [5.74, 6) is 1.63. The first-order valence-corrected chi connectivity index (χ1v) is 8.75. The normalized spacial score (nSPS) is 19.9. The molecule has 0 unspecified atom stereocenters. The molecule has 0 atom stereocenters. The minimum absolute atomic E-state index is 0.349. The van der Waals surface area contributed by atoms with Crippen LogP contribution in [0.25, 0.3) is 0 Å². The number of aromatic nitrogens is 1.